The Hall–Kier alpha value is -2.84. The molecule has 168 valence electrons. The maximum atomic E-state index is 3.59. The van der Waals surface area contributed by atoms with Gasteiger partial charge in [-0.3, -0.25) is 0 Å². The number of nitrogens with zero attached hydrogens (tertiary/aromatic N) is 1. The van der Waals surface area contributed by atoms with Crippen molar-refractivity contribution in [2.45, 2.75) is 38.5 Å². The molecule has 33 heavy (non-hydrogen) atoms. The molecule has 0 atom stereocenters. The summed E-state index contributed by atoms with van der Waals surface area (Å²) in [4.78, 5) is 2.60. The third kappa shape index (κ3) is 4.02. The van der Waals surface area contributed by atoms with Gasteiger partial charge in [-0.25, -0.2) is 0 Å². The summed E-state index contributed by atoms with van der Waals surface area (Å²) in [7, 11) is 0. The van der Waals surface area contributed by atoms with Gasteiger partial charge in [0.15, 0.2) is 0 Å². The van der Waals surface area contributed by atoms with Gasteiger partial charge in [0, 0.05) is 25.3 Å². The monoisotopic (exact) mass is 434 g/mol. The molecule has 2 saturated heterocycles. The molecule has 0 bridgehead atoms. The zero-order valence-electron chi connectivity index (χ0n) is 19.5. The first-order chi connectivity index (χ1) is 16.3. The standard InChI is InChI=1S/C31H34N2/c1-2-7-24(8-3-1)29-12-6-10-25-9-4-5-11-28(25)30(29)26-13-15-27(16-14-26)33-21-18-31(19-22-33)17-20-32-23-31/h1-5,7-9,11,13-16,32H,6,10,12,17-23H2. The average molecular weight is 435 g/mol. The molecule has 1 spiro atoms. The van der Waals surface area contributed by atoms with E-state index in [2.05, 4.69) is 89.1 Å². The van der Waals surface area contributed by atoms with Gasteiger partial charge >= 0.3 is 0 Å². The predicted molar refractivity (Wildman–Crippen MR) is 140 cm³/mol. The van der Waals surface area contributed by atoms with E-state index >= 15 is 0 Å². The molecular weight excluding hydrogens is 400 g/mol. The summed E-state index contributed by atoms with van der Waals surface area (Å²) in [5.41, 5.74) is 10.5. The molecule has 1 N–H and O–H groups in total. The highest BCUT2D eigenvalue weighted by Crippen LogP contribution is 2.41. The average Bonchev–Trinajstić information content (AvgIpc) is 3.24. The molecule has 2 nitrogen and oxygen atoms in total. The molecule has 0 aromatic heterocycles. The first-order valence-electron chi connectivity index (χ1n) is 12.7. The number of anilines is 1. The maximum absolute atomic E-state index is 3.59. The Morgan fingerprint density at radius 2 is 1.45 bits per heavy atom. The molecule has 3 aliphatic rings. The lowest BCUT2D eigenvalue weighted by Gasteiger charge is -2.40. The quantitative estimate of drug-likeness (QED) is 0.502. The lowest BCUT2D eigenvalue weighted by atomic mass is 9.77. The Labute approximate surface area is 198 Å². The fraction of sp³-hybridized carbons (Fsp3) is 0.355. The summed E-state index contributed by atoms with van der Waals surface area (Å²) in [5, 5.41) is 3.59. The van der Waals surface area contributed by atoms with Crippen molar-refractivity contribution in [2.75, 3.05) is 31.1 Å². The Kier molecular flexibility index (Phi) is 5.55. The second-order valence-electron chi connectivity index (χ2n) is 10.2. The molecule has 2 heteroatoms. The third-order valence-corrected chi connectivity index (χ3v) is 8.26. The molecule has 0 unspecified atom stereocenters. The summed E-state index contributed by atoms with van der Waals surface area (Å²) >= 11 is 0. The van der Waals surface area contributed by atoms with E-state index in [1.54, 1.807) is 0 Å². The Bertz CT molecular complexity index is 1130. The van der Waals surface area contributed by atoms with Crippen molar-refractivity contribution in [2.24, 2.45) is 5.41 Å². The molecule has 0 saturated carbocycles. The maximum Gasteiger partial charge on any atom is 0.0366 e. The highest BCUT2D eigenvalue weighted by atomic mass is 15.1. The molecule has 3 aromatic carbocycles. The summed E-state index contributed by atoms with van der Waals surface area (Å²) in [6.45, 7) is 4.79. The number of nitrogens with one attached hydrogen (secondary N) is 1. The molecule has 3 aromatic rings. The van der Waals surface area contributed by atoms with Crippen molar-refractivity contribution in [1.82, 2.24) is 5.32 Å². The number of piperidine rings is 1. The summed E-state index contributed by atoms with van der Waals surface area (Å²) in [6, 6.07) is 29.5. The van der Waals surface area contributed by atoms with E-state index in [4.69, 9.17) is 0 Å². The smallest absolute Gasteiger partial charge is 0.0366 e. The normalized spacial score (nSPS) is 20.1. The van der Waals surface area contributed by atoms with Crippen LogP contribution in [0.2, 0.25) is 0 Å². The summed E-state index contributed by atoms with van der Waals surface area (Å²) < 4.78 is 0. The van der Waals surface area contributed by atoms with Crippen LogP contribution in [0.15, 0.2) is 78.9 Å². The number of allylic oxidation sites excluding steroid dienone is 1. The zero-order chi connectivity index (χ0) is 22.1. The molecule has 2 fully saturated rings. The van der Waals surface area contributed by atoms with Crippen molar-refractivity contribution in [3.63, 3.8) is 0 Å². The number of fused-ring (bicyclic) bond motifs is 1. The summed E-state index contributed by atoms with van der Waals surface area (Å²) in [5.74, 6) is 0. The third-order valence-electron chi connectivity index (χ3n) is 8.26. The number of hydrogen-bond acceptors (Lipinski definition) is 2. The van der Waals surface area contributed by atoms with Crippen LogP contribution in [0.5, 0.6) is 0 Å². The fourth-order valence-corrected chi connectivity index (χ4v) is 6.28. The van der Waals surface area contributed by atoms with Crippen LogP contribution in [0.3, 0.4) is 0 Å². The lowest BCUT2D eigenvalue weighted by molar-refractivity contribution is 0.247. The number of rotatable bonds is 3. The topological polar surface area (TPSA) is 15.3 Å². The van der Waals surface area contributed by atoms with Gasteiger partial charge in [-0.05, 0) is 96.0 Å². The molecule has 2 heterocycles. The van der Waals surface area contributed by atoms with Gasteiger partial charge in [0.2, 0.25) is 0 Å². The first-order valence-corrected chi connectivity index (χ1v) is 12.7. The predicted octanol–water partition coefficient (Wildman–Crippen LogP) is 6.56. The SMILES string of the molecule is c1ccc(C2=C(c3ccc(N4CCC5(CCNC5)CC4)cc3)c3ccccc3CCC2)cc1. The second kappa shape index (κ2) is 8.83. The van der Waals surface area contributed by atoms with Gasteiger partial charge in [-0.15, -0.1) is 0 Å². The van der Waals surface area contributed by atoms with Crippen LogP contribution in [0.25, 0.3) is 11.1 Å². The van der Waals surface area contributed by atoms with Gasteiger partial charge < -0.3 is 10.2 Å². The van der Waals surface area contributed by atoms with E-state index in [0.29, 0.717) is 5.41 Å². The van der Waals surface area contributed by atoms with Crippen molar-refractivity contribution < 1.29 is 0 Å². The van der Waals surface area contributed by atoms with E-state index in [1.807, 2.05) is 0 Å². The number of hydrogen-bond donors (Lipinski definition) is 1. The molecule has 0 radical (unpaired) electrons. The minimum absolute atomic E-state index is 0.565. The minimum atomic E-state index is 0.565. The Morgan fingerprint density at radius 3 is 2.21 bits per heavy atom. The molecular formula is C31H34N2. The summed E-state index contributed by atoms with van der Waals surface area (Å²) in [6.07, 6.45) is 7.47. The van der Waals surface area contributed by atoms with Crippen LogP contribution >= 0.6 is 0 Å². The Balaban J connectivity index is 1.35. The zero-order valence-corrected chi connectivity index (χ0v) is 19.5. The Morgan fingerprint density at radius 1 is 0.697 bits per heavy atom. The van der Waals surface area contributed by atoms with E-state index < -0.39 is 0 Å². The van der Waals surface area contributed by atoms with Crippen molar-refractivity contribution in [3.8, 4) is 0 Å². The molecule has 2 aliphatic heterocycles. The number of aryl methyl sites for hydroxylation is 1. The van der Waals surface area contributed by atoms with Crippen LogP contribution in [-0.2, 0) is 6.42 Å². The fourth-order valence-electron chi connectivity index (χ4n) is 6.28. The van der Waals surface area contributed by atoms with E-state index in [-0.39, 0.29) is 0 Å². The van der Waals surface area contributed by atoms with Gasteiger partial charge in [-0.2, -0.15) is 0 Å². The van der Waals surface area contributed by atoms with Crippen molar-refractivity contribution in [3.05, 3.63) is 101 Å². The molecule has 0 amide bonds. The van der Waals surface area contributed by atoms with E-state index in [0.717, 1.165) is 12.8 Å². The molecule has 1 aliphatic carbocycles. The number of benzene rings is 3. The highest BCUT2D eigenvalue weighted by molar-refractivity contribution is 6.00. The minimum Gasteiger partial charge on any atom is -0.371 e. The molecule has 6 rings (SSSR count). The highest BCUT2D eigenvalue weighted by Gasteiger charge is 2.37. The van der Waals surface area contributed by atoms with Gasteiger partial charge in [-0.1, -0.05) is 66.7 Å². The first kappa shape index (κ1) is 20.7. The van der Waals surface area contributed by atoms with Crippen LogP contribution in [-0.4, -0.2) is 26.2 Å². The van der Waals surface area contributed by atoms with Crippen molar-refractivity contribution >= 4 is 16.8 Å². The van der Waals surface area contributed by atoms with E-state index in [1.165, 1.54) is 90.9 Å². The van der Waals surface area contributed by atoms with Crippen LogP contribution in [0, 0.1) is 5.41 Å². The van der Waals surface area contributed by atoms with Crippen LogP contribution < -0.4 is 10.2 Å². The van der Waals surface area contributed by atoms with Gasteiger partial charge in [0.25, 0.3) is 0 Å². The second-order valence-corrected chi connectivity index (χ2v) is 10.2. The van der Waals surface area contributed by atoms with Crippen molar-refractivity contribution in [1.29, 1.82) is 0 Å². The van der Waals surface area contributed by atoms with Gasteiger partial charge in [0.05, 0.1) is 0 Å². The van der Waals surface area contributed by atoms with E-state index in [9.17, 15) is 0 Å². The van der Waals surface area contributed by atoms with Crippen LogP contribution in [0.1, 0.15) is 54.4 Å². The largest absolute Gasteiger partial charge is 0.371 e. The van der Waals surface area contributed by atoms with Crippen LogP contribution in [0.4, 0.5) is 5.69 Å². The van der Waals surface area contributed by atoms with Gasteiger partial charge in [0.1, 0.15) is 0 Å². The lowest BCUT2D eigenvalue weighted by Crippen LogP contribution is -2.41.